The number of aliphatic hydroxyl groups is 1. The number of ketones is 4. The highest BCUT2D eigenvalue weighted by Crippen LogP contribution is 2.52. The van der Waals surface area contributed by atoms with Gasteiger partial charge in [-0.3, -0.25) is 28.9 Å². The topological polar surface area (TPSA) is 158 Å². The standard InChI is InChI=1S/C34H35N3O7/c1-36(2)15-16-9-10-20(19-8-6-5-7-18(16)19)21-11-12-24(38)26-22(21)13-17-14-23-28(37(3)4)30(40)27(33(35)43)32(42)34(23,44)31(41)25(17)29(26)39/h5-12,17,23,25,27-28,38,44H,13-15H2,1-4H3,(H2,35,43)/t17?,23?,25?,27?,28-,34-/m0/s1. The van der Waals surface area contributed by atoms with E-state index in [1.54, 1.807) is 20.2 Å². The number of benzene rings is 3. The lowest BCUT2D eigenvalue weighted by Gasteiger charge is -2.52. The average Bonchev–Trinajstić information content (AvgIpc) is 2.95. The van der Waals surface area contributed by atoms with Gasteiger partial charge in [-0.2, -0.15) is 0 Å². The molecule has 0 radical (unpaired) electrons. The molecular formula is C34H35N3O7. The van der Waals surface area contributed by atoms with Crippen LogP contribution in [0.5, 0.6) is 5.75 Å². The Morgan fingerprint density at radius 3 is 2.23 bits per heavy atom. The van der Waals surface area contributed by atoms with Gasteiger partial charge < -0.3 is 20.8 Å². The summed E-state index contributed by atoms with van der Waals surface area (Å²) in [6, 6.07) is 14.1. The van der Waals surface area contributed by atoms with E-state index in [2.05, 4.69) is 4.90 Å². The highest BCUT2D eigenvalue weighted by atomic mass is 16.3. The molecule has 1 amide bonds. The van der Waals surface area contributed by atoms with Gasteiger partial charge in [-0.25, -0.2) is 0 Å². The fourth-order valence-electron chi connectivity index (χ4n) is 7.93. The zero-order valence-corrected chi connectivity index (χ0v) is 25.0. The maximum absolute atomic E-state index is 14.1. The summed E-state index contributed by atoms with van der Waals surface area (Å²) in [5.41, 5.74) is 5.94. The number of primary amides is 1. The summed E-state index contributed by atoms with van der Waals surface area (Å²) in [6.07, 6.45) is 0.199. The largest absolute Gasteiger partial charge is 0.507 e. The third kappa shape index (κ3) is 4.16. The van der Waals surface area contributed by atoms with E-state index in [0.29, 0.717) is 5.56 Å². The van der Waals surface area contributed by atoms with Crippen molar-refractivity contribution in [1.29, 1.82) is 0 Å². The molecule has 6 rings (SSSR count). The van der Waals surface area contributed by atoms with Gasteiger partial charge in [-0.05, 0) is 86.0 Å². The molecular weight excluding hydrogens is 562 g/mol. The number of hydrogen-bond acceptors (Lipinski definition) is 9. The summed E-state index contributed by atoms with van der Waals surface area (Å²) in [4.78, 5) is 70.8. The number of hydrogen-bond donors (Lipinski definition) is 3. The summed E-state index contributed by atoms with van der Waals surface area (Å²) < 4.78 is 0. The fraction of sp³-hybridized carbons (Fsp3) is 0.382. The van der Waals surface area contributed by atoms with E-state index in [1.807, 2.05) is 50.5 Å². The Kier molecular flexibility index (Phi) is 7.07. The van der Waals surface area contributed by atoms with Crippen LogP contribution in [0.1, 0.15) is 27.9 Å². The number of carbonyl (C=O) groups is 5. The van der Waals surface area contributed by atoms with Crippen LogP contribution >= 0.6 is 0 Å². The molecule has 0 heterocycles. The van der Waals surface area contributed by atoms with Gasteiger partial charge in [0.15, 0.2) is 34.7 Å². The van der Waals surface area contributed by atoms with Crippen LogP contribution < -0.4 is 5.73 Å². The molecule has 3 aromatic carbocycles. The van der Waals surface area contributed by atoms with Gasteiger partial charge in [0.1, 0.15) is 5.75 Å². The van der Waals surface area contributed by atoms with E-state index < -0.39 is 64.4 Å². The van der Waals surface area contributed by atoms with Crippen molar-refractivity contribution in [3.63, 3.8) is 0 Å². The first-order valence-electron chi connectivity index (χ1n) is 14.6. The maximum atomic E-state index is 14.1. The van der Waals surface area contributed by atoms with Gasteiger partial charge in [-0.1, -0.05) is 42.5 Å². The van der Waals surface area contributed by atoms with Gasteiger partial charge in [0.05, 0.1) is 17.5 Å². The quantitative estimate of drug-likeness (QED) is 0.373. The van der Waals surface area contributed by atoms with Crippen LogP contribution in [0.25, 0.3) is 21.9 Å². The highest BCUT2D eigenvalue weighted by molar-refractivity contribution is 6.32. The number of likely N-dealkylation sites (N-methyl/N-ethyl adjacent to an activating group) is 1. The normalized spacial score (nSPS) is 28.3. The van der Waals surface area contributed by atoms with Gasteiger partial charge in [0, 0.05) is 12.5 Å². The van der Waals surface area contributed by atoms with Crippen molar-refractivity contribution in [1.82, 2.24) is 9.80 Å². The number of rotatable bonds is 5. The van der Waals surface area contributed by atoms with Crippen LogP contribution in [0.4, 0.5) is 0 Å². The lowest BCUT2D eigenvalue weighted by Crippen LogP contribution is -2.74. The van der Waals surface area contributed by atoms with Crippen molar-refractivity contribution < 1.29 is 34.2 Å². The second-order valence-electron chi connectivity index (χ2n) is 12.8. The van der Waals surface area contributed by atoms with E-state index in [1.165, 1.54) is 11.0 Å². The molecule has 3 aromatic rings. The average molecular weight is 598 g/mol. The summed E-state index contributed by atoms with van der Waals surface area (Å²) in [5.74, 6) is -10.6. The molecule has 4 N–H and O–H groups in total. The van der Waals surface area contributed by atoms with Gasteiger partial charge >= 0.3 is 0 Å². The zero-order chi connectivity index (χ0) is 31.8. The minimum Gasteiger partial charge on any atom is -0.507 e. The molecule has 0 spiro atoms. The molecule has 3 aliphatic rings. The minimum absolute atomic E-state index is 0.00150. The van der Waals surface area contributed by atoms with E-state index >= 15 is 0 Å². The van der Waals surface area contributed by atoms with E-state index in [0.717, 1.165) is 34.0 Å². The van der Waals surface area contributed by atoms with Crippen molar-refractivity contribution in [2.24, 2.45) is 29.4 Å². The molecule has 44 heavy (non-hydrogen) atoms. The second-order valence-corrected chi connectivity index (χ2v) is 12.8. The maximum Gasteiger partial charge on any atom is 0.235 e. The second kappa shape index (κ2) is 10.4. The van der Waals surface area contributed by atoms with Crippen LogP contribution in [-0.4, -0.2) is 88.9 Å². The molecule has 0 saturated heterocycles. The SMILES string of the molecule is CN(C)Cc1ccc(-c2ccc(O)c3c2CC2CC4[C@H](N(C)C)C(=O)C(C(N)=O)C(=O)[C@@]4(O)C(=O)C2C3=O)c2ccccc12. The van der Waals surface area contributed by atoms with Crippen molar-refractivity contribution in [2.75, 3.05) is 28.2 Å². The molecule has 0 aromatic heterocycles. The molecule has 10 heteroatoms. The Morgan fingerprint density at radius 2 is 1.59 bits per heavy atom. The number of amides is 1. The first-order chi connectivity index (χ1) is 20.8. The first kappa shape index (κ1) is 29.8. The van der Waals surface area contributed by atoms with Crippen LogP contribution in [0, 0.1) is 23.7 Å². The number of aromatic hydroxyl groups is 1. The molecule has 3 aliphatic carbocycles. The van der Waals surface area contributed by atoms with E-state index in [4.69, 9.17) is 5.73 Å². The number of fused-ring (bicyclic) bond motifs is 4. The number of nitrogens with zero attached hydrogens (tertiary/aromatic N) is 2. The highest BCUT2D eigenvalue weighted by Gasteiger charge is 2.69. The van der Waals surface area contributed by atoms with Crippen molar-refractivity contribution >= 4 is 39.8 Å². The van der Waals surface area contributed by atoms with Crippen molar-refractivity contribution in [3.8, 4) is 16.9 Å². The molecule has 0 bridgehead atoms. The summed E-state index contributed by atoms with van der Waals surface area (Å²) in [5, 5.41) is 24.8. The molecule has 6 atom stereocenters. The number of carbonyl (C=O) groups excluding carboxylic acids is 5. The fourth-order valence-corrected chi connectivity index (χ4v) is 7.93. The monoisotopic (exact) mass is 597 g/mol. The third-order valence-electron chi connectivity index (χ3n) is 9.74. The minimum atomic E-state index is -2.75. The van der Waals surface area contributed by atoms with E-state index in [9.17, 15) is 34.2 Å². The van der Waals surface area contributed by atoms with Crippen LogP contribution in [0.15, 0.2) is 48.5 Å². The number of phenols is 1. The Hall–Kier alpha value is -4.25. The summed E-state index contributed by atoms with van der Waals surface area (Å²) >= 11 is 0. The van der Waals surface area contributed by atoms with Crippen LogP contribution in [0.2, 0.25) is 0 Å². The summed E-state index contributed by atoms with van der Waals surface area (Å²) in [7, 11) is 7.12. The third-order valence-corrected chi connectivity index (χ3v) is 9.74. The molecule has 2 fully saturated rings. The smallest absolute Gasteiger partial charge is 0.235 e. The van der Waals surface area contributed by atoms with Crippen LogP contribution in [-0.2, 0) is 32.1 Å². The van der Waals surface area contributed by atoms with Crippen LogP contribution in [0.3, 0.4) is 0 Å². The molecule has 2 saturated carbocycles. The first-order valence-corrected chi connectivity index (χ1v) is 14.6. The van der Waals surface area contributed by atoms with Gasteiger partial charge in [-0.15, -0.1) is 0 Å². The predicted octanol–water partition coefficient (Wildman–Crippen LogP) is 1.75. The number of Topliss-reactive ketones (excluding diaryl/α,β-unsaturated/α-hetero) is 4. The lowest BCUT2D eigenvalue weighted by atomic mass is 9.52. The molecule has 228 valence electrons. The molecule has 4 unspecified atom stereocenters. The van der Waals surface area contributed by atoms with Gasteiger partial charge in [0.2, 0.25) is 5.91 Å². The number of nitrogens with two attached hydrogens (primary N) is 1. The molecule has 0 aliphatic heterocycles. The zero-order valence-electron chi connectivity index (χ0n) is 25.0. The summed E-state index contributed by atoms with van der Waals surface area (Å²) in [6.45, 7) is 0.726. The number of phenolic OH excluding ortho intramolecular Hbond substituents is 1. The lowest BCUT2D eigenvalue weighted by molar-refractivity contribution is -0.181. The Balaban J connectivity index is 1.50. The van der Waals surface area contributed by atoms with E-state index in [-0.39, 0.29) is 24.2 Å². The predicted molar refractivity (Wildman–Crippen MR) is 162 cm³/mol. The Bertz CT molecular complexity index is 1780. The van der Waals surface area contributed by atoms with Crippen molar-refractivity contribution in [3.05, 3.63) is 65.2 Å². The Morgan fingerprint density at radius 1 is 0.932 bits per heavy atom. The van der Waals surface area contributed by atoms with Crippen molar-refractivity contribution in [2.45, 2.75) is 31.0 Å². The Labute approximate surface area is 254 Å². The molecule has 10 nitrogen and oxygen atoms in total. The van der Waals surface area contributed by atoms with Gasteiger partial charge in [0.25, 0.3) is 0 Å².